The van der Waals surface area contributed by atoms with E-state index in [0.717, 1.165) is 20.8 Å². The van der Waals surface area contributed by atoms with E-state index in [-0.39, 0.29) is 25.6 Å². The van der Waals surface area contributed by atoms with Gasteiger partial charge in [0.15, 0.2) is 0 Å². The quantitative estimate of drug-likeness (QED) is 0.413. The molecule has 0 N–H and O–H groups in total. The standard InChI is InChI=1S/3C2H4O2.N.Rh/c3*1-2(3)4;;/h3*1H3,(H,3,4);;/q;;;;+3/p-3. The smallest absolute Gasteiger partial charge is 0.550 e. The molecule has 0 aromatic rings. The molecule has 0 fully saturated rings. The van der Waals surface area contributed by atoms with Gasteiger partial charge in [0.2, 0.25) is 0 Å². The SMILES string of the molecule is CC(=O)[O-].CC(=O)[O-].CC(=O)[O-].[N].[Rh+3]. The maximum atomic E-state index is 8.89. The zero-order valence-corrected chi connectivity index (χ0v) is 9.37. The van der Waals surface area contributed by atoms with Crippen LogP contribution in [0.2, 0.25) is 0 Å². The molecule has 0 saturated carbocycles. The summed E-state index contributed by atoms with van der Waals surface area (Å²) >= 11 is 0. The van der Waals surface area contributed by atoms with E-state index < -0.39 is 17.9 Å². The fourth-order valence-electron chi connectivity index (χ4n) is 0. The molecule has 0 rings (SSSR count). The zero-order valence-electron chi connectivity index (χ0n) is 7.73. The summed E-state index contributed by atoms with van der Waals surface area (Å²) in [5.74, 6) is -3.25. The van der Waals surface area contributed by atoms with Crippen LogP contribution < -0.4 is 21.5 Å². The minimum absolute atomic E-state index is 0. The summed E-state index contributed by atoms with van der Waals surface area (Å²) in [6.07, 6.45) is 0. The second kappa shape index (κ2) is 22.7. The molecular formula is C6H9NO6Rh. The number of nitrogens with zero attached hydrogens (tertiary/aromatic N) is 1. The van der Waals surface area contributed by atoms with Crippen LogP contribution in [0.5, 0.6) is 0 Å². The van der Waals surface area contributed by atoms with Crippen molar-refractivity contribution in [3.05, 3.63) is 0 Å². The molecule has 0 unspecified atom stereocenters. The van der Waals surface area contributed by atoms with Crippen molar-refractivity contribution >= 4 is 17.9 Å². The van der Waals surface area contributed by atoms with Crippen molar-refractivity contribution in [2.24, 2.45) is 0 Å². The molecule has 0 aliphatic heterocycles. The second-order valence-electron chi connectivity index (χ2n) is 1.47. The van der Waals surface area contributed by atoms with Crippen molar-refractivity contribution in [2.75, 3.05) is 0 Å². The Hall–Kier alpha value is -1.01. The van der Waals surface area contributed by atoms with Crippen molar-refractivity contribution in [3.63, 3.8) is 0 Å². The first-order valence-corrected chi connectivity index (χ1v) is 2.72. The van der Waals surface area contributed by atoms with Gasteiger partial charge < -0.3 is 29.7 Å². The average molecular weight is 294 g/mol. The van der Waals surface area contributed by atoms with Gasteiger partial charge in [-0.3, -0.25) is 0 Å². The summed E-state index contributed by atoms with van der Waals surface area (Å²) in [6, 6.07) is 0. The number of carbonyl (C=O) groups excluding carboxylic acids is 3. The first kappa shape index (κ1) is 29.3. The van der Waals surface area contributed by atoms with Crippen molar-refractivity contribution in [3.8, 4) is 0 Å². The maximum Gasteiger partial charge on any atom is 3.00 e. The summed E-state index contributed by atoms with van der Waals surface area (Å²) in [5, 5.41) is 26.7. The number of carbonyl (C=O) groups is 3. The Labute approximate surface area is 94.5 Å². The molecule has 0 aromatic heterocycles. The predicted octanol–water partition coefficient (Wildman–Crippen LogP) is -4.21. The first-order chi connectivity index (χ1) is 5.20. The summed E-state index contributed by atoms with van der Waals surface area (Å²) in [6.45, 7) is 2.92. The molecule has 0 aromatic carbocycles. The number of hydrogen-bond acceptors (Lipinski definition) is 6. The topological polar surface area (TPSA) is 151 Å². The van der Waals surface area contributed by atoms with Crippen LogP contribution in [0.25, 0.3) is 0 Å². The molecule has 0 bridgehead atoms. The Bertz CT molecular complexity index is 120. The molecule has 14 heavy (non-hydrogen) atoms. The van der Waals surface area contributed by atoms with E-state index >= 15 is 0 Å². The van der Waals surface area contributed by atoms with Gasteiger partial charge in [0.05, 0.1) is 0 Å². The third-order valence-electron chi connectivity index (χ3n) is 0. The van der Waals surface area contributed by atoms with E-state index in [1.807, 2.05) is 0 Å². The van der Waals surface area contributed by atoms with Crippen LogP contribution in [0.15, 0.2) is 0 Å². The Morgan fingerprint density at radius 3 is 0.714 bits per heavy atom. The van der Waals surface area contributed by atoms with Crippen LogP contribution in [0.3, 0.4) is 0 Å². The van der Waals surface area contributed by atoms with Crippen molar-refractivity contribution in [1.82, 2.24) is 6.15 Å². The van der Waals surface area contributed by atoms with Gasteiger partial charge in [0.1, 0.15) is 0 Å². The van der Waals surface area contributed by atoms with Crippen LogP contribution in [0.4, 0.5) is 0 Å². The third kappa shape index (κ3) is 1080. The van der Waals surface area contributed by atoms with Crippen molar-refractivity contribution in [2.45, 2.75) is 20.8 Å². The number of aliphatic carboxylic acids is 3. The number of carboxylic acids is 3. The normalized spacial score (nSPS) is 5.36. The molecule has 0 heterocycles. The Kier molecular flexibility index (Phi) is 47.4. The van der Waals surface area contributed by atoms with Crippen LogP contribution in [-0.4, -0.2) is 17.9 Å². The largest absolute Gasteiger partial charge is 3.00 e. The molecule has 0 spiro atoms. The van der Waals surface area contributed by atoms with E-state index in [9.17, 15) is 0 Å². The summed E-state index contributed by atoms with van der Waals surface area (Å²) in [5.41, 5.74) is 0. The molecule has 0 aliphatic carbocycles. The zero-order chi connectivity index (χ0) is 10.7. The first-order valence-electron chi connectivity index (χ1n) is 2.72. The number of rotatable bonds is 0. The summed E-state index contributed by atoms with van der Waals surface area (Å²) in [7, 11) is 0. The van der Waals surface area contributed by atoms with Gasteiger partial charge in [0.25, 0.3) is 0 Å². The Balaban J connectivity index is -0.0000000270. The van der Waals surface area contributed by atoms with Gasteiger partial charge in [-0.15, -0.1) is 0 Å². The molecule has 8 heteroatoms. The van der Waals surface area contributed by atoms with Gasteiger partial charge in [0, 0.05) is 24.1 Å². The molecule has 83 valence electrons. The van der Waals surface area contributed by atoms with Crippen molar-refractivity contribution in [1.29, 1.82) is 0 Å². The molecule has 0 atom stereocenters. The van der Waals surface area contributed by atoms with Gasteiger partial charge in [-0.1, -0.05) is 0 Å². The van der Waals surface area contributed by atoms with E-state index in [4.69, 9.17) is 29.7 Å². The molecule has 0 aliphatic rings. The molecular weight excluding hydrogens is 285 g/mol. The van der Waals surface area contributed by atoms with Gasteiger partial charge >= 0.3 is 19.5 Å². The maximum absolute atomic E-state index is 8.89. The molecule has 0 saturated heterocycles. The molecule has 0 amide bonds. The number of carboxylic acid groups (broad SMARTS) is 3. The van der Waals surface area contributed by atoms with Crippen LogP contribution >= 0.6 is 0 Å². The van der Waals surface area contributed by atoms with Crippen LogP contribution in [-0.2, 0) is 33.9 Å². The third-order valence-corrected chi connectivity index (χ3v) is 0. The average Bonchev–Trinajstić information content (AvgIpc) is 1.54. The fraction of sp³-hybridized carbons (Fsp3) is 0.500. The Morgan fingerprint density at radius 2 is 0.714 bits per heavy atom. The van der Waals surface area contributed by atoms with Crippen LogP contribution in [0, 0.1) is 0 Å². The van der Waals surface area contributed by atoms with Gasteiger partial charge in [-0.05, 0) is 20.8 Å². The fourth-order valence-corrected chi connectivity index (χ4v) is 0. The van der Waals surface area contributed by atoms with Gasteiger partial charge in [-0.2, -0.15) is 0 Å². The van der Waals surface area contributed by atoms with Crippen molar-refractivity contribution < 1.29 is 49.2 Å². The number of hydrogen-bond donors (Lipinski definition) is 0. The minimum atomic E-state index is -1.08. The van der Waals surface area contributed by atoms with E-state index in [1.54, 1.807) is 0 Å². The predicted molar refractivity (Wildman–Crippen MR) is 34.2 cm³/mol. The van der Waals surface area contributed by atoms with E-state index in [2.05, 4.69) is 0 Å². The molecule has 7 nitrogen and oxygen atoms in total. The summed E-state index contributed by atoms with van der Waals surface area (Å²) in [4.78, 5) is 26.7. The van der Waals surface area contributed by atoms with Crippen LogP contribution in [0.1, 0.15) is 20.8 Å². The van der Waals surface area contributed by atoms with Gasteiger partial charge in [-0.25, -0.2) is 0 Å². The van der Waals surface area contributed by atoms with E-state index in [0.29, 0.717) is 0 Å². The monoisotopic (exact) mass is 294 g/mol. The molecule has 3 radical (unpaired) electrons. The Morgan fingerprint density at radius 1 is 0.714 bits per heavy atom. The van der Waals surface area contributed by atoms with E-state index in [1.165, 1.54) is 0 Å². The second-order valence-corrected chi connectivity index (χ2v) is 1.47. The minimum Gasteiger partial charge on any atom is -0.550 e. The summed E-state index contributed by atoms with van der Waals surface area (Å²) < 4.78 is 0.